The molecule has 0 bridgehead atoms. The molecule has 2 aromatic heterocycles. The second kappa shape index (κ2) is 5.01. The van der Waals surface area contributed by atoms with Crippen LogP contribution in [0.3, 0.4) is 0 Å². The fourth-order valence-corrected chi connectivity index (χ4v) is 1.59. The number of aromatic nitrogens is 1. The van der Waals surface area contributed by atoms with E-state index >= 15 is 0 Å². The minimum Gasteiger partial charge on any atom is -0.478 e. The van der Waals surface area contributed by atoms with Crippen LogP contribution in [0.4, 0.5) is 5.82 Å². The van der Waals surface area contributed by atoms with E-state index in [-0.39, 0.29) is 17.1 Å². The second-order valence-corrected chi connectivity index (χ2v) is 4.04. The normalized spacial score (nSPS) is 10.1. The average molecular weight is 311 g/mol. The number of pyridine rings is 1. The van der Waals surface area contributed by atoms with E-state index in [0.717, 1.165) is 0 Å². The number of carboxylic acids is 1. The molecular formula is C11H7BrN2O4. The summed E-state index contributed by atoms with van der Waals surface area (Å²) in [4.78, 5) is 26.5. The molecule has 1 amide bonds. The van der Waals surface area contributed by atoms with Crippen LogP contribution >= 0.6 is 15.9 Å². The molecule has 7 heteroatoms. The van der Waals surface area contributed by atoms with Gasteiger partial charge in [0.2, 0.25) is 0 Å². The highest BCUT2D eigenvalue weighted by Gasteiger charge is 2.16. The van der Waals surface area contributed by atoms with Gasteiger partial charge in [-0.25, -0.2) is 9.78 Å². The van der Waals surface area contributed by atoms with Gasteiger partial charge in [-0.2, -0.15) is 0 Å². The lowest BCUT2D eigenvalue weighted by molar-refractivity contribution is 0.0697. The number of amides is 1. The predicted octanol–water partition coefficient (Wildman–Crippen LogP) is 2.39. The van der Waals surface area contributed by atoms with Crippen LogP contribution in [0.25, 0.3) is 0 Å². The van der Waals surface area contributed by atoms with Crippen molar-refractivity contribution < 1.29 is 19.1 Å². The number of carbonyl (C=O) groups excluding carboxylic acids is 1. The molecule has 0 spiro atoms. The zero-order valence-corrected chi connectivity index (χ0v) is 10.5. The van der Waals surface area contributed by atoms with Crippen molar-refractivity contribution in [2.75, 3.05) is 5.32 Å². The third kappa shape index (κ3) is 2.57. The third-order valence-corrected chi connectivity index (χ3v) is 2.49. The molecule has 18 heavy (non-hydrogen) atoms. The van der Waals surface area contributed by atoms with Crippen molar-refractivity contribution in [3.8, 4) is 0 Å². The maximum atomic E-state index is 11.7. The standard InChI is InChI=1S/C11H7BrN2O4/c12-8-4-3-7(18-8)10(15)14-9-6(11(16)17)2-1-5-13-9/h1-5H,(H,16,17)(H,13,14,15). The molecule has 0 aromatic carbocycles. The quantitative estimate of drug-likeness (QED) is 0.908. The van der Waals surface area contributed by atoms with Crippen molar-refractivity contribution in [3.05, 3.63) is 46.5 Å². The first kappa shape index (κ1) is 12.3. The highest BCUT2D eigenvalue weighted by atomic mass is 79.9. The fourth-order valence-electron chi connectivity index (χ4n) is 1.28. The maximum Gasteiger partial charge on any atom is 0.339 e. The molecule has 92 valence electrons. The molecule has 2 rings (SSSR count). The number of nitrogens with one attached hydrogen (secondary N) is 1. The summed E-state index contributed by atoms with van der Waals surface area (Å²) in [6.07, 6.45) is 1.39. The summed E-state index contributed by atoms with van der Waals surface area (Å²) in [6, 6.07) is 5.85. The van der Waals surface area contributed by atoms with Gasteiger partial charge in [-0.15, -0.1) is 0 Å². The Morgan fingerprint density at radius 2 is 2.11 bits per heavy atom. The molecule has 0 fully saturated rings. The van der Waals surface area contributed by atoms with Crippen molar-refractivity contribution >= 4 is 33.6 Å². The Morgan fingerprint density at radius 1 is 1.33 bits per heavy atom. The van der Waals surface area contributed by atoms with Gasteiger partial charge in [0, 0.05) is 6.20 Å². The number of carbonyl (C=O) groups is 2. The zero-order chi connectivity index (χ0) is 13.1. The minimum absolute atomic E-state index is 0.0254. The first-order chi connectivity index (χ1) is 8.58. The van der Waals surface area contributed by atoms with E-state index in [4.69, 9.17) is 9.52 Å². The zero-order valence-electron chi connectivity index (χ0n) is 8.88. The van der Waals surface area contributed by atoms with Crippen molar-refractivity contribution in [1.29, 1.82) is 0 Å². The van der Waals surface area contributed by atoms with Gasteiger partial charge in [-0.05, 0) is 40.2 Å². The summed E-state index contributed by atoms with van der Waals surface area (Å²) in [6.45, 7) is 0. The lowest BCUT2D eigenvalue weighted by atomic mass is 10.2. The summed E-state index contributed by atoms with van der Waals surface area (Å²) in [5.74, 6) is -1.70. The Morgan fingerprint density at radius 3 is 2.72 bits per heavy atom. The van der Waals surface area contributed by atoms with Gasteiger partial charge in [-0.1, -0.05) is 0 Å². The lowest BCUT2D eigenvalue weighted by Crippen LogP contribution is -2.15. The monoisotopic (exact) mass is 310 g/mol. The van der Waals surface area contributed by atoms with Crippen LogP contribution in [0.15, 0.2) is 39.5 Å². The number of carboxylic acid groups (broad SMARTS) is 1. The first-order valence-corrected chi connectivity index (χ1v) is 5.62. The van der Waals surface area contributed by atoms with E-state index in [9.17, 15) is 9.59 Å². The van der Waals surface area contributed by atoms with E-state index in [0.29, 0.717) is 4.67 Å². The summed E-state index contributed by atoms with van der Waals surface area (Å²) in [5.41, 5.74) is -0.0866. The van der Waals surface area contributed by atoms with Crippen LogP contribution in [0.5, 0.6) is 0 Å². The summed E-state index contributed by atoms with van der Waals surface area (Å²) in [7, 11) is 0. The number of nitrogens with zero attached hydrogens (tertiary/aromatic N) is 1. The molecule has 2 aromatic rings. The summed E-state index contributed by atoms with van der Waals surface area (Å²) >= 11 is 3.07. The van der Waals surface area contributed by atoms with Crippen LogP contribution in [-0.2, 0) is 0 Å². The lowest BCUT2D eigenvalue weighted by Gasteiger charge is -2.05. The Balaban J connectivity index is 2.24. The molecule has 0 radical (unpaired) electrons. The highest BCUT2D eigenvalue weighted by Crippen LogP contribution is 2.17. The maximum absolute atomic E-state index is 11.7. The molecule has 0 aliphatic rings. The minimum atomic E-state index is -1.17. The molecule has 6 nitrogen and oxygen atoms in total. The van der Waals surface area contributed by atoms with Crippen LogP contribution in [0, 0.1) is 0 Å². The molecule has 0 aliphatic heterocycles. The fraction of sp³-hybridized carbons (Fsp3) is 0. The van der Waals surface area contributed by atoms with E-state index in [1.165, 1.54) is 24.4 Å². The van der Waals surface area contributed by atoms with Gasteiger partial charge in [-0.3, -0.25) is 4.79 Å². The van der Waals surface area contributed by atoms with Crippen molar-refractivity contribution in [3.63, 3.8) is 0 Å². The number of anilines is 1. The van der Waals surface area contributed by atoms with E-state index in [1.54, 1.807) is 6.07 Å². The number of rotatable bonds is 3. The Kier molecular flexibility index (Phi) is 3.42. The molecule has 2 N–H and O–H groups in total. The van der Waals surface area contributed by atoms with E-state index in [2.05, 4.69) is 26.2 Å². The first-order valence-electron chi connectivity index (χ1n) is 4.83. The Labute approximate surface area is 110 Å². The molecule has 0 unspecified atom stereocenters. The summed E-state index contributed by atoms with van der Waals surface area (Å²) < 4.78 is 5.46. The molecule has 0 atom stereocenters. The van der Waals surface area contributed by atoms with Gasteiger partial charge in [0.1, 0.15) is 11.4 Å². The van der Waals surface area contributed by atoms with Crippen molar-refractivity contribution in [1.82, 2.24) is 4.98 Å². The highest BCUT2D eigenvalue weighted by molar-refractivity contribution is 9.10. The van der Waals surface area contributed by atoms with Gasteiger partial charge in [0.15, 0.2) is 10.4 Å². The Bertz CT molecular complexity index is 609. The van der Waals surface area contributed by atoms with E-state index < -0.39 is 11.9 Å². The van der Waals surface area contributed by atoms with Crippen LogP contribution in [0.1, 0.15) is 20.9 Å². The molecule has 0 saturated heterocycles. The number of halogens is 1. The number of hydrogen-bond acceptors (Lipinski definition) is 4. The Hall–Kier alpha value is -2.15. The van der Waals surface area contributed by atoms with Crippen LogP contribution in [0.2, 0.25) is 0 Å². The number of furan rings is 1. The average Bonchev–Trinajstić information content (AvgIpc) is 2.76. The summed E-state index contributed by atoms with van der Waals surface area (Å²) in [5, 5.41) is 11.3. The van der Waals surface area contributed by atoms with Crippen LogP contribution < -0.4 is 5.32 Å². The van der Waals surface area contributed by atoms with Gasteiger partial charge >= 0.3 is 5.97 Å². The molecule has 0 saturated carbocycles. The van der Waals surface area contributed by atoms with E-state index in [1.807, 2.05) is 0 Å². The molecular weight excluding hydrogens is 304 g/mol. The third-order valence-electron chi connectivity index (χ3n) is 2.07. The second-order valence-electron chi connectivity index (χ2n) is 3.26. The topological polar surface area (TPSA) is 92.4 Å². The van der Waals surface area contributed by atoms with Crippen molar-refractivity contribution in [2.45, 2.75) is 0 Å². The largest absolute Gasteiger partial charge is 0.478 e. The smallest absolute Gasteiger partial charge is 0.339 e. The van der Waals surface area contributed by atoms with Crippen molar-refractivity contribution in [2.24, 2.45) is 0 Å². The van der Waals surface area contributed by atoms with Gasteiger partial charge in [0.25, 0.3) is 5.91 Å². The SMILES string of the molecule is O=C(Nc1ncccc1C(=O)O)c1ccc(Br)o1. The van der Waals surface area contributed by atoms with Gasteiger partial charge < -0.3 is 14.8 Å². The molecule has 0 aliphatic carbocycles. The predicted molar refractivity (Wildman–Crippen MR) is 65.6 cm³/mol. The van der Waals surface area contributed by atoms with Crippen LogP contribution in [-0.4, -0.2) is 22.0 Å². The number of aromatic carboxylic acids is 1. The number of hydrogen-bond donors (Lipinski definition) is 2. The molecule has 2 heterocycles. The van der Waals surface area contributed by atoms with Gasteiger partial charge in [0.05, 0.1) is 0 Å².